The molecule has 0 saturated heterocycles. The fraction of sp³-hybridized carbons (Fsp3) is 0. The highest BCUT2D eigenvalue weighted by Crippen LogP contribution is 2.37. The van der Waals surface area contributed by atoms with Crippen LogP contribution in [0.25, 0.3) is 11.6 Å². The number of phenols is 2. The molecule has 2 aromatic rings. The predicted molar refractivity (Wildman–Crippen MR) is 74.1 cm³/mol. The molecule has 110 valence electrons. The second-order valence-electron chi connectivity index (χ2n) is 4.18. The second-order valence-corrected chi connectivity index (χ2v) is 4.18. The first kappa shape index (κ1) is 14.9. The van der Waals surface area contributed by atoms with Gasteiger partial charge >= 0.3 is 5.69 Å². The molecule has 0 bridgehead atoms. The molecule has 1 aromatic heterocycles. The molecule has 2 rings (SSSR count). The molecule has 7 nitrogen and oxygen atoms in total. The molecule has 0 aliphatic heterocycles. The first-order valence-corrected chi connectivity index (χ1v) is 5.87. The van der Waals surface area contributed by atoms with Gasteiger partial charge in [0, 0.05) is 17.8 Å². The lowest BCUT2D eigenvalue weighted by molar-refractivity contribution is -0.386. The number of pyridine rings is 1. The van der Waals surface area contributed by atoms with E-state index in [1.807, 2.05) is 0 Å². The zero-order valence-electron chi connectivity index (χ0n) is 10.9. The SMILES string of the molecule is N#C/C(=C\c1cc(O)c(O)c([N+](=O)[O-])c1)c1cccnc1F. The third kappa shape index (κ3) is 2.83. The van der Waals surface area contributed by atoms with E-state index in [1.54, 1.807) is 6.07 Å². The summed E-state index contributed by atoms with van der Waals surface area (Å²) in [4.78, 5) is 13.3. The van der Waals surface area contributed by atoms with Crippen molar-refractivity contribution >= 4 is 17.3 Å². The van der Waals surface area contributed by atoms with Crippen LogP contribution in [-0.4, -0.2) is 20.1 Å². The minimum absolute atomic E-state index is 0.0572. The molecule has 0 radical (unpaired) electrons. The number of hydrogen-bond donors (Lipinski definition) is 2. The van der Waals surface area contributed by atoms with E-state index in [4.69, 9.17) is 5.26 Å². The van der Waals surface area contributed by atoms with Crippen molar-refractivity contribution in [1.29, 1.82) is 5.26 Å². The van der Waals surface area contributed by atoms with Crippen molar-refractivity contribution in [2.24, 2.45) is 0 Å². The summed E-state index contributed by atoms with van der Waals surface area (Å²) in [5.41, 5.74) is -0.887. The Bertz CT molecular complexity index is 827. The van der Waals surface area contributed by atoms with Gasteiger partial charge in [-0.25, -0.2) is 4.98 Å². The average Bonchev–Trinajstić information content (AvgIpc) is 2.48. The van der Waals surface area contributed by atoms with Gasteiger partial charge in [0.1, 0.15) is 0 Å². The van der Waals surface area contributed by atoms with Crippen LogP contribution in [0.4, 0.5) is 10.1 Å². The van der Waals surface area contributed by atoms with E-state index < -0.39 is 28.1 Å². The van der Waals surface area contributed by atoms with Gasteiger partial charge in [-0.2, -0.15) is 9.65 Å². The molecule has 0 atom stereocenters. The monoisotopic (exact) mass is 301 g/mol. The lowest BCUT2D eigenvalue weighted by Gasteiger charge is -2.03. The van der Waals surface area contributed by atoms with Gasteiger partial charge in [0.05, 0.1) is 16.6 Å². The number of allylic oxidation sites excluding steroid dienone is 1. The minimum atomic E-state index is -0.886. The first-order chi connectivity index (χ1) is 10.4. The van der Waals surface area contributed by atoms with E-state index in [2.05, 4.69) is 4.98 Å². The molecule has 1 aromatic carbocycles. The van der Waals surface area contributed by atoms with Crippen molar-refractivity contribution < 1.29 is 19.5 Å². The Morgan fingerprint density at radius 2 is 2.18 bits per heavy atom. The van der Waals surface area contributed by atoms with Gasteiger partial charge in [-0.1, -0.05) is 0 Å². The van der Waals surface area contributed by atoms with Crippen molar-refractivity contribution in [3.63, 3.8) is 0 Å². The molecule has 0 unspecified atom stereocenters. The summed E-state index contributed by atoms with van der Waals surface area (Å²) in [6.45, 7) is 0. The Morgan fingerprint density at radius 1 is 1.45 bits per heavy atom. The van der Waals surface area contributed by atoms with Crippen LogP contribution >= 0.6 is 0 Å². The van der Waals surface area contributed by atoms with Crippen molar-refractivity contribution in [3.05, 3.63) is 57.7 Å². The predicted octanol–water partition coefficient (Wildman–Crippen LogP) is 2.60. The molecule has 0 saturated carbocycles. The van der Waals surface area contributed by atoms with Crippen molar-refractivity contribution in [2.75, 3.05) is 0 Å². The van der Waals surface area contributed by atoms with Gasteiger partial charge in [0.25, 0.3) is 0 Å². The van der Waals surface area contributed by atoms with E-state index in [0.29, 0.717) is 0 Å². The molecular formula is C14H8FN3O4. The fourth-order valence-electron chi connectivity index (χ4n) is 1.77. The number of benzene rings is 1. The lowest BCUT2D eigenvalue weighted by Crippen LogP contribution is -1.92. The van der Waals surface area contributed by atoms with Gasteiger partial charge in [-0.15, -0.1) is 0 Å². The summed E-state index contributed by atoms with van der Waals surface area (Å²) in [5.74, 6) is -2.47. The van der Waals surface area contributed by atoms with Crippen LogP contribution in [0.15, 0.2) is 30.5 Å². The van der Waals surface area contributed by atoms with E-state index in [1.165, 1.54) is 18.3 Å². The molecule has 0 fully saturated rings. The number of halogens is 1. The van der Waals surface area contributed by atoms with Crippen LogP contribution in [0, 0.1) is 27.4 Å². The van der Waals surface area contributed by atoms with Crippen molar-refractivity contribution in [2.45, 2.75) is 0 Å². The van der Waals surface area contributed by atoms with Gasteiger partial charge in [0.2, 0.25) is 11.7 Å². The molecule has 2 N–H and O–H groups in total. The maximum absolute atomic E-state index is 13.6. The zero-order chi connectivity index (χ0) is 16.3. The number of aromatic nitrogens is 1. The van der Waals surface area contributed by atoms with Crippen LogP contribution in [0.1, 0.15) is 11.1 Å². The van der Waals surface area contributed by atoms with Gasteiger partial charge in [0.15, 0.2) is 5.75 Å². The quantitative estimate of drug-likeness (QED) is 0.295. The number of nitrogens with zero attached hydrogens (tertiary/aromatic N) is 3. The number of aromatic hydroxyl groups is 2. The maximum atomic E-state index is 13.6. The van der Waals surface area contributed by atoms with Gasteiger partial charge in [-0.3, -0.25) is 10.1 Å². The van der Waals surface area contributed by atoms with E-state index in [0.717, 1.165) is 18.2 Å². The smallest absolute Gasteiger partial charge is 0.315 e. The molecule has 0 aliphatic carbocycles. The number of nitro groups is 1. The molecule has 1 heterocycles. The van der Waals surface area contributed by atoms with Crippen LogP contribution in [0.5, 0.6) is 11.5 Å². The summed E-state index contributed by atoms with van der Waals surface area (Å²) < 4.78 is 13.6. The zero-order valence-corrected chi connectivity index (χ0v) is 10.9. The Hall–Kier alpha value is -3.47. The Labute approximate surface area is 123 Å². The highest BCUT2D eigenvalue weighted by molar-refractivity contribution is 5.90. The number of hydrogen-bond acceptors (Lipinski definition) is 6. The molecule has 8 heteroatoms. The Morgan fingerprint density at radius 3 is 2.77 bits per heavy atom. The Balaban J connectivity index is 2.59. The van der Waals surface area contributed by atoms with E-state index >= 15 is 0 Å². The van der Waals surface area contributed by atoms with Crippen molar-refractivity contribution in [1.82, 2.24) is 4.98 Å². The summed E-state index contributed by atoms with van der Waals surface area (Å²) in [6, 6.07) is 6.49. The number of nitro benzene ring substituents is 1. The fourth-order valence-corrected chi connectivity index (χ4v) is 1.77. The summed E-state index contributed by atoms with van der Waals surface area (Å²) in [7, 11) is 0. The third-order valence-corrected chi connectivity index (χ3v) is 2.77. The number of phenolic OH excluding ortho intramolecular Hbond substituents is 2. The number of rotatable bonds is 3. The first-order valence-electron chi connectivity index (χ1n) is 5.87. The van der Waals surface area contributed by atoms with Crippen molar-refractivity contribution in [3.8, 4) is 17.6 Å². The molecule has 22 heavy (non-hydrogen) atoms. The third-order valence-electron chi connectivity index (χ3n) is 2.77. The molecule has 0 aliphatic rings. The van der Waals surface area contributed by atoms with Crippen LogP contribution in [0.3, 0.4) is 0 Å². The maximum Gasteiger partial charge on any atom is 0.315 e. The Kier molecular flexibility index (Phi) is 3.99. The van der Waals surface area contributed by atoms with Crippen LogP contribution in [0.2, 0.25) is 0 Å². The second kappa shape index (κ2) is 5.88. The molecule has 0 spiro atoms. The standard InChI is InChI=1S/C14H8FN3O4/c15-14-10(2-1-3-17-14)9(7-16)4-8-5-11(18(21)22)13(20)12(19)6-8/h1-6,19-20H/b9-4+. The minimum Gasteiger partial charge on any atom is -0.504 e. The normalized spacial score (nSPS) is 11.0. The van der Waals surface area contributed by atoms with Gasteiger partial charge in [-0.05, 0) is 29.8 Å². The average molecular weight is 301 g/mol. The largest absolute Gasteiger partial charge is 0.504 e. The highest BCUT2D eigenvalue weighted by Gasteiger charge is 2.19. The summed E-state index contributed by atoms with van der Waals surface area (Å²) in [6.07, 6.45) is 2.36. The highest BCUT2D eigenvalue weighted by atomic mass is 19.1. The lowest BCUT2D eigenvalue weighted by atomic mass is 10.0. The topological polar surface area (TPSA) is 120 Å². The van der Waals surface area contributed by atoms with Crippen LogP contribution < -0.4 is 0 Å². The summed E-state index contributed by atoms with van der Waals surface area (Å²) >= 11 is 0. The molecule has 0 amide bonds. The van der Waals surface area contributed by atoms with Crippen LogP contribution in [-0.2, 0) is 0 Å². The number of nitriles is 1. The van der Waals surface area contributed by atoms with E-state index in [-0.39, 0.29) is 16.7 Å². The summed E-state index contributed by atoms with van der Waals surface area (Å²) in [5, 5.41) is 38.8. The molecular weight excluding hydrogens is 293 g/mol. The van der Waals surface area contributed by atoms with Gasteiger partial charge < -0.3 is 10.2 Å². The van der Waals surface area contributed by atoms with E-state index in [9.17, 15) is 24.7 Å².